The lowest BCUT2D eigenvalue weighted by atomic mass is 9.87. The van der Waals surface area contributed by atoms with Gasteiger partial charge in [-0.1, -0.05) is 13.8 Å². The zero-order valence-electron chi connectivity index (χ0n) is 15.3. The number of hydrogen-bond acceptors (Lipinski definition) is 5. The third kappa shape index (κ3) is 7.99. The van der Waals surface area contributed by atoms with Crippen LogP contribution in [0.15, 0.2) is 0 Å². The van der Waals surface area contributed by atoms with Crippen molar-refractivity contribution in [2.24, 2.45) is 17.6 Å². The van der Waals surface area contributed by atoms with Crippen LogP contribution in [0.1, 0.15) is 47.5 Å². The Balaban J connectivity index is 2.61. The predicted octanol–water partition coefficient (Wildman–Crippen LogP) is 1.57. The lowest BCUT2D eigenvalue weighted by Gasteiger charge is -2.39. The Morgan fingerprint density at radius 2 is 2.04 bits per heavy atom. The van der Waals surface area contributed by atoms with E-state index in [0.29, 0.717) is 12.5 Å². The van der Waals surface area contributed by atoms with Crippen molar-refractivity contribution in [2.75, 3.05) is 26.2 Å². The van der Waals surface area contributed by atoms with E-state index in [2.05, 4.69) is 10.2 Å². The van der Waals surface area contributed by atoms with Gasteiger partial charge in [0.2, 0.25) is 0 Å². The highest BCUT2D eigenvalue weighted by Crippen LogP contribution is 2.24. The third-order valence-electron chi connectivity index (χ3n) is 4.12. The Hall–Kier alpha value is -0.850. The number of nitrogens with zero attached hydrogens (tertiary/aromatic N) is 1. The van der Waals surface area contributed by atoms with Crippen molar-refractivity contribution in [1.82, 2.24) is 10.2 Å². The maximum absolute atomic E-state index is 12.0. The van der Waals surface area contributed by atoms with Crippen molar-refractivity contribution in [1.29, 1.82) is 0 Å². The summed E-state index contributed by atoms with van der Waals surface area (Å²) in [6.07, 6.45) is 0.940. The first-order valence-corrected chi connectivity index (χ1v) is 8.70. The Morgan fingerprint density at radius 3 is 2.57 bits per heavy atom. The molecule has 4 N–H and O–H groups in total. The number of ether oxygens (including phenoxy) is 1. The molecule has 1 rings (SSSR count). The fourth-order valence-electron chi connectivity index (χ4n) is 3.03. The summed E-state index contributed by atoms with van der Waals surface area (Å²) in [5, 5.41) is 13.1. The minimum Gasteiger partial charge on any atom is -0.444 e. The van der Waals surface area contributed by atoms with Crippen LogP contribution in [-0.4, -0.2) is 60.0 Å². The van der Waals surface area contributed by atoms with E-state index in [1.165, 1.54) is 0 Å². The molecule has 1 heterocycles. The van der Waals surface area contributed by atoms with E-state index in [-0.39, 0.29) is 24.2 Å². The molecule has 0 aromatic heterocycles. The summed E-state index contributed by atoms with van der Waals surface area (Å²) in [5.74, 6) is 0.602. The van der Waals surface area contributed by atoms with E-state index in [1.54, 1.807) is 0 Å². The highest BCUT2D eigenvalue weighted by molar-refractivity contribution is 5.68. The monoisotopic (exact) mass is 329 g/mol. The van der Waals surface area contributed by atoms with Crippen molar-refractivity contribution in [3.63, 3.8) is 0 Å². The second-order valence-corrected chi connectivity index (χ2v) is 8.04. The van der Waals surface area contributed by atoms with Crippen molar-refractivity contribution in [3.05, 3.63) is 0 Å². The number of alkyl carbamates (subject to hydrolysis) is 1. The van der Waals surface area contributed by atoms with Crippen LogP contribution in [0, 0.1) is 11.8 Å². The number of nitrogens with one attached hydrogen (secondary N) is 1. The molecule has 0 bridgehead atoms. The normalized spacial score (nSPS) is 24.5. The molecule has 1 aliphatic rings. The molecule has 0 spiro atoms. The van der Waals surface area contributed by atoms with E-state index in [4.69, 9.17) is 10.5 Å². The summed E-state index contributed by atoms with van der Waals surface area (Å²) in [6.45, 7) is 12.7. The number of carbonyl (C=O) groups is 1. The van der Waals surface area contributed by atoms with Gasteiger partial charge >= 0.3 is 6.09 Å². The molecule has 0 aromatic carbocycles. The number of carbonyl (C=O) groups excluding carboxylic acids is 1. The molecule has 0 aromatic rings. The zero-order valence-corrected chi connectivity index (χ0v) is 15.3. The fourth-order valence-corrected chi connectivity index (χ4v) is 3.03. The second-order valence-electron chi connectivity index (χ2n) is 8.04. The standard InChI is InChI=1S/C17H35N3O3/c1-12(2)15(21)9-13-8-14(11-20(10-13)7-6-18)19-16(22)23-17(3,4)5/h12-15,21H,6-11,18H2,1-5H3,(H,19,22). The summed E-state index contributed by atoms with van der Waals surface area (Å²) in [7, 11) is 0. The van der Waals surface area contributed by atoms with Gasteiger partial charge in [-0.3, -0.25) is 4.90 Å². The van der Waals surface area contributed by atoms with Crippen LogP contribution in [-0.2, 0) is 4.74 Å². The van der Waals surface area contributed by atoms with Crippen LogP contribution in [0.2, 0.25) is 0 Å². The first-order valence-electron chi connectivity index (χ1n) is 8.70. The Kier molecular flexibility index (Phi) is 7.77. The maximum Gasteiger partial charge on any atom is 0.407 e. The number of hydrogen-bond donors (Lipinski definition) is 3. The molecule has 1 fully saturated rings. The molecule has 136 valence electrons. The van der Waals surface area contributed by atoms with Gasteiger partial charge in [0.1, 0.15) is 5.60 Å². The number of nitrogens with two attached hydrogens (primary N) is 1. The van der Waals surface area contributed by atoms with Crippen molar-refractivity contribution >= 4 is 6.09 Å². The van der Waals surface area contributed by atoms with E-state index >= 15 is 0 Å². The van der Waals surface area contributed by atoms with Gasteiger partial charge in [0.25, 0.3) is 0 Å². The number of piperidine rings is 1. The molecule has 0 saturated carbocycles. The van der Waals surface area contributed by atoms with E-state index in [1.807, 2.05) is 34.6 Å². The number of rotatable bonds is 6. The van der Waals surface area contributed by atoms with Gasteiger partial charge in [0.05, 0.1) is 6.10 Å². The van der Waals surface area contributed by atoms with Crippen LogP contribution < -0.4 is 11.1 Å². The van der Waals surface area contributed by atoms with E-state index < -0.39 is 5.60 Å². The second kappa shape index (κ2) is 8.85. The Bertz CT molecular complexity index is 369. The molecular weight excluding hydrogens is 294 g/mol. The van der Waals surface area contributed by atoms with E-state index in [0.717, 1.165) is 32.5 Å². The van der Waals surface area contributed by atoms with Crippen LogP contribution in [0.3, 0.4) is 0 Å². The van der Waals surface area contributed by atoms with Crippen LogP contribution in [0.4, 0.5) is 4.79 Å². The summed E-state index contributed by atoms with van der Waals surface area (Å²) < 4.78 is 5.35. The first-order chi connectivity index (χ1) is 10.6. The summed E-state index contributed by atoms with van der Waals surface area (Å²) in [6, 6.07) is 0.0366. The predicted molar refractivity (Wildman–Crippen MR) is 92.2 cm³/mol. The average Bonchev–Trinajstić information content (AvgIpc) is 2.35. The largest absolute Gasteiger partial charge is 0.444 e. The molecule has 3 unspecified atom stereocenters. The summed E-state index contributed by atoms with van der Waals surface area (Å²) in [5.41, 5.74) is 5.18. The molecule has 6 nitrogen and oxygen atoms in total. The molecule has 6 heteroatoms. The van der Waals surface area contributed by atoms with Crippen molar-refractivity contribution in [3.8, 4) is 0 Å². The number of aliphatic hydroxyl groups excluding tert-OH is 1. The van der Waals surface area contributed by atoms with Gasteiger partial charge < -0.3 is 20.9 Å². The Labute approximate surface area is 140 Å². The van der Waals surface area contributed by atoms with Crippen LogP contribution >= 0.6 is 0 Å². The fraction of sp³-hybridized carbons (Fsp3) is 0.941. The van der Waals surface area contributed by atoms with Gasteiger partial charge in [0.15, 0.2) is 0 Å². The molecular formula is C17H35N3O3. The smallest absolute Gasteiger partial charge is 0.407 e. The van der Waals surface area contributed by atoms with Gasteiger partial charge in [-0.15, -0.1) is 0 Å². The molecule has 23 heavy (non-hydrogen) atoms. The molecule has 1 saturated heterocycles. The van der Waals surface area contributed by atoms with Crippen LogP contribution in [0.25, 0.3) is 0 Å². The highest BCUT2D eigenvalue weighted by atomic mass is 16.6. The SMILES string of the molecule is CC(C)C(O)CC1CC(NC(=O)OC(C)(C)C)CN(CCN)C1. The van der Waals surface area contributed by atoms with Gasteiger partial charge in [-0.05, 0) is 45.4 Å². The van der Waals surface area contributed by atoms with Crippen molar-refractivity contribution < 1.29 is 14.6 Å². The number of amides is 1. The number of likely N-dealkylation sites (tertiary alicyclic amines) is 1. The first kappa shape index (κ1) is 20.2. The highest BCUT2D eigenvalue weighted by Gasteiger charge is 2.30. The topological polar surface area (TPSA) is 87.8 Å². The lowest BCUT2D eigenvalue weighted by Crippen LogP contribution is -2.53. The number of aliphatic hydroxyl groups is 1. The minimum atomic E-state index is -0.497. The van der Waals surface area contributed by atoms with Gasteiger partial charge in [0, 0.05) is 32.2 Å². The molecule has 0 aliphatic carbocycles. The zero-order chi connectivity index (χ0) is 17.6. The maximum atomic E-state index is 12.0. The van der Waals surface area contributed by atoms with Gasteiger partial charge in [-0.2, -0.15) is 0 Å². The lowest BCUT2D eigenvalue weighted by molar-refractivity contribution is 0.0390. The molecule has 0 radical (unpaired) electrons. The minimum absolute atomic E-state index is 0.0366. The summed E-state index contributed by atoms with van der Waals surface area (Å²) in [4.78, 5) is 14.3. The Morgan fingerprint density at radius 1 is 1.39 bits per heavy atom. The summed E-state index contributed by atoms with van der Waals surface area (Å²) >= 11 is 0. The van der Waals surface area contributed by atoms with Crippen LogP contribution in [0.5, 0.6) is 0 Å². The van der Waals surface area contributed by atoms with E-state index in [9.17, 15) is 9.90 Å². The molecule has 1 amide bonds. The average molecular weight is 329 g/mol. The molecule has 1 aliphatic heterocycles. The van der Waals surface area contributed by atoms with Crippen molar-refractivity contribution in [2.45, 2.75) is 65.2 Å². The molecule has 3 atom stereocenters. The quantitative estimate of drug-likeness (QED) is 0.688. The van der Waals surface area contributed by atoms with Gasteiger partial charge in [-0.25, -0.2) is 4.79 Å². The third-order valence-corrected chi connectivity index (χ3v) is 4.12.